The van der Waals surface area contributed by atoms with Crippen molar-refractivity contribution in [1.29, 1.82) is 0 Å². The molecule has 4 nitrogen and oxygen atoms in total. The van der Waals surface area contributed by atoms with Gasteiger partial charge < -0.3 is 14.6 Å². The SMILES string of the molecule is COCCCCN1CCOCC1CC(O)c1ccccc1. The number of morpholine rings is 1. The molecule has 1 heterocycles. The summed E-state index contributed by atoms with van der Waals surface area (Å²) in [7, 11) is 1.74. The molecule has 2 atom stereocenters. The Bertz CT molecular complexity index is 385. The van der Waals surface area contributed by atoms with Gasteiger partial charge in [-0.3, -0.25) is 4.90 Å². The van der Waals surface area contributed by atoms with E-state index in [1.54, 1.807) is 7.11 Å². The first-order valence-electron chi connectivity index (χ1n) is 7.85. The van der Waals surface area contributed by atoms with E-state index in [9.17, 15) is 5.11 Å². The Kier molecular flexibility index (Phi) is 7.16. The summed E-state index contributed by atoms with van der Waals surface area (Å²) in [5.74, 6) is 0. The van der Waals surface area contributed by atoms with Gasteiger partial charge in [-0.25, -0.2) is 0 Å². The van der Waals surface area contributed by atoms with Crippen molar-refractivity contribution in [2.45, 2.75) is 31.4 Å². The van der Waals surface area contributed by atoms with Crippen LogP contribution in [0.1, 0.15) is 30.9 Å². The zero-order chi connectivity index (χ0) is 14.9. The summed E-state index contributed by atoms with van der Waals surface area (Å²) in [5.41, 5.74) is 0.988. The maximum Gasteiger partial charge on any atom is 0.0805 e. The lowest BCUT2D eigenvalue weighted by Crippen LogP contribution is -2.46. The van der Waals surface area contributed by atoms with Gasteiger partial charge in [0.1, 0.15) is 0 Å². The third kappa shape index (κ3) is 5.40. The highest BCUT2D eigenvalue weighted by atomic mass is 16.5. The van der Waals surface area contributed by atoms with E-state index >= 15 is 0 Å². The van der Waals surface area contributed by atoms with Crippen molar-refractivity contribution in [2.24, 2.45) is 0 Å². The smallest absolute Gasteiger partial charge is 0.0805 e. The Labute approximate surface area is 127 Å². The Morgan fingerprint density at radius 3 is 2.90 bits per heavy atom. The van der Waals surface area contributed by atoms with Gasteiger partial charge in [0.25, 0.3) is 0 Å². The normalized spacial score (nSPS) is 21.3. The maximum absolute atomic E-state index is 10.4. The van der Waals surface area contributed by atoms with E-state index in [1.807, 2.05) is 30.3 Å². The van der Waals surface area contributed by atoms with Crippen LogP contribution in [0.2, 0.25) is 0 Å². The van der Waals surface area contributed by atoms with Crippen LogP contribution >= 0.6 is 0 Å². The number of hydrogen-bond acceptors (Lipinski definition) is 4. The summed E-state index contributed by atoms with van der Waals surface area (Å²) in [5, 5.41) is 10.4. The number of rotatable bonds is 8. The van der Waals surface area contributed by atoms with Crippen LogP contribution < -0.4 is 0 Å². The minimum absolute atomic E-state index is 0.302. The number of benzene rings is 1. The van der Waals surface area contributed by atoms with Gasteiger partial charge >= 0.3 is 0 Å². The Morgan fingerprint density at radius 1 is 1.33 bits per heavy atom. The standard InChI is InChI=1S/C17H27NO3/c1-20-11-6-5-9-18-10-12-21-14-16(18)13-17(19)15-7-3-2-4-8-15/h2-4,7-8,16-17,19H,5-6,9-14H2,1H3. The summed E-state index contributed by atoms with van der Waals surface area (Å²) in [6.07, 6.45) is 2.53. The van der Waals surface area contributed by atoms with E-state index in [-0.39, 0.29) is 0 Å². The van der Waals surface area contributed by atoms with E-state index in [4.69, 9.17) is 9.47 Å². The van der Waals surface area contributed by atoms with Gasteiger partial charge in [-0.2, -0.15) is 0 Å². The first-order chi connectivity index (χ1) is 10.3. The van der Waals surface area contributed by atoms with Gasteiger partial charge in [0.2, 0.25) is 0 Å². The Balaban J connectivity index is 1.83. The molecule has 4 heteroatoms. The number of unbranched alkanes of at least 4 members (excludes halogenated alkanes) is 1. The minimum atomic E-state index is -0.417. The fraction of sp³-hybridized carbons (Fsp3) is 0.647. The van der Waals surface area contributed by atoms with Crippen LogP contribution in [-0.4, -0.2) is 56.1 Å². The van der Waals surface area contributed by atoms with Crippen molar-refractivity contribution in [3.8, 4) is 0 Å². The van der Waals surface area contributed by atoms with Crippen LogP contribution in [0, 0.1) is 0 Å². The van der Waals surface area contributed by atoms with Crippen LogP contribution in [0.15, 0.2) is 30.3 Å². The second kappa shape index (κ2) is 9.15. The third-order valence-corrected chi connectivity index (χ3v) is 4.07. The van der Waals surface area contributed by atoms with Crippen molar-refractivity contribution < 1.29 is 14.6 Å². The number of methoxy groups -OCH3 is 1. The maximum atomic E-state index is 10.4. The fourth-order valence-electron chi connectivity index (χ4n) is 2.83. The van der Waals surface area contributed by atoms with Crippen LogP contribution in [0.4, 0.5) is 0 Å². The third-order valence-electron chi connectivity index (χ3n) is 4.07. The molecule has 2 unspecified atom stereocenters. The first-order valence-corrected chi connectivity index (χ1v) is 7.85. The fourth-order valence-corrected chi connectivity index (χ4v) is 2.83. The zero-order valence-electron chi connectivity index (χ0n) is 12.9. The molecule has 2 rings (SSSR count). The average molecular weight is 293 g/mol. The van der Waals surface area contributed by atoms with Crippen LogP contribution in [0.25, 0.3) is 0 Å². The lowest BCUT2D eigenvalue weighted by molar-refractivity contribution is -0.0271. The molecular weight excluding hydrogens is 266 g/mol. The summed E-state index contributed by atoms with van der Waals surface area (Å²) >= 11 is 0. The molecule has 1 fully saturated rings. The highest BCUT2D eigenvalue weighted by Gasteiger charge is 2.25. The number of aliphatic hydroxyl groups is 1. The molecule has 1 N–H and O–H groups in total. The van der Waals surface area contributed by atoms with E-state index < -0.39 is 6.10 Å². The molecule has 0 spiro atoms. The van der Waals surface area contributed by atoms with Gasteiger partial charge in [0, 0.05) is 26.3 Å². The van der Waals surface area contributed by atoms with Crippen molar-refractivity contribution in [2.75, 3.05) is 40.0 Å². The molecule has 1 aliphatic rings. The molecule has 0 aromatic heterocycles. The average Bonchev–Trinajstić information content (AvgIpc) is 2.54. The summed E-state index contributed by atoms with van der Waals surface area (Å²) in [4.78, 5) is 2.45. The van der Waals surface area contributed by atoms with Crippen molar-refractivity contribution >= 4 is 0 Å². The van der Waals surface area contributed by atoms with Gasteiger partial charge in [-0.05, 0) is 31.4 Å². The molecule has 21 heavy (non-hydrogen) atoms. The Morgan fingerprint density at radius 2 is 2.14 bits per heavy atom. The second-order valence-electron chi connectivity index (χ2n) is 5.63. The first kappa shape index (κ1) is 16.4. The van der Waals surface area contributed by atoms with E-state index in [0.717, 1.165) is 51.1 Å². The van der Waals surface area contributed by atoms with Crippen molar-refractivity contribution in [3.05, 3.63) is 35.9 Å². The molecular formula is C17H27NO3. The largest absolute Gasteiger partial charge is 0.388 e. The summed E-state index contributed by atoms with van der Waals surface area (Å²) in [6.45, 7) is 4.34. The summed E-state index contributed by atoms with van der Waals surface area (Å²) < 4.78 is 10.7. The predicted octanol–water partition coefficient (Wildman–Crippen LogP) is 2.24. The Hall–Kier alpha value is -0.940. The molecule has 0 bridgehead atoms. The van der Waals surface area contributed by atoms with Crippen LogP contribution in [-0.2, 0) is 9.47 Å². The van der Waals surface area contributed by atoms with E-state index in [1.165, 1.54) is 0 Å². The van der Waals surface area contributed by atoms with Gasteiger partial charge in [-0.15, -0.1) is 0 Å². The quantitative estimate of drug-likeness (QED) is 0.746. The molecule has 1 aromatic carbocycles. The predicted molar refractivity (Wildman–Crippen MR) is 83.3 cm³/mol. The van der Waals surface area contributed by atoms with E-state index in [0.29, 0.717) is 12.6 Å². The molecule has 1 aromatic rings. The van der Waals surface area contributed by atoms with Gasteiger partial charge in [-0.1, -0.05) is 30.3 Å². The number of aliphatic hydroxyl groups excluding tert-OH is 1. The highest BCUT2D eigenvalue weighted by Crippen LogP contribution is 2.22. The lowest BCUT2D eigenvalue weighted by atomic mass is 10.0. The second-order valence-corrected chi connectivity index (χ2v) is 5.63. The number of nitrogens with zero attached hydrogens (tertiary/aromatic N) is 1. The van der Waals surface area contributed by atoms with Crippen LogP contribution in [0.3, 0.4) is 0 Å². The van der Waals surface area contributed by atoms with Gasteiger partial charge in [0.05, 0.1) is 19.3 Å². The topological polar surface area (TPSA) is 41.9 Å². The molecule has 0 saturated carbocycles. The minimum Gasteiger partial charge on any atom is -0.388 e. The van der Waals surface area contributed by atoms with Gasteiger partial charge in [0.15, 0.2) is 0 Å². The molecule has 0 aliphatic carbocycles. The lowest BCUT2D eigenvalue weighted by Gasteiger charge is -2.36. The van der Waals surface area contributed by atoms with Crippen molar-refractivity contribution in [1.82, 2.24) is 4.90 Å². The monoisotopic (exact) mass is 293 g/mol. The number of ether oxygens (including phenoxy) is 2. The highest BCUT2D eigenvalue weighted by molar-refractivity contribution is 5.17. The summed E-state index contributed by atoms with van der Waals surface area (Å²) in [6, 6.07) is 10.2. The molecule has 118 valence electrons. The van der Waals surface area contributed by atoms with E-state index in [2.05, 4.69) is 4.90 Å². The zero-order valence-corrected chi connectivity index (χ0v) is 12.9. The number of hydrogen-bond donors (Lipinski definition) is 1. The van der Waals surface area contributed by atoms with Crippen LogP contribution in [0.5, 0.6) is 0 Å². The molecule has 1 aliphatic heterocycles. The molecule has 0 radical (unpaired) electrons. The van der Waals surface area contributed by atoms with Crippen molar-refractivity contribution in [3.63, 3.8) is 0 Å². The molecule has 0 amide bonds. The molecule has 1 saturated heterocycles.